The molecule has 0 aromatic rings. The van der Waals surface area contributed by atoms with Gasteiger partial charge in [0.05, 0.1) is 0 Å². The molecule has 48 heavy (non-hydrogen) atoms. The summed E-state index contributed by atoms with van der Waals surface area (Å²) in [6.45, 7) is 17.5. The number of fused-ring (bicyclic) bond motifs is 5. The van der Waals surface area contributed by atoms with Crippen LogP contribution in [0.2, 0.25) is 0 Å². The fourth-order valence-electron chi connectivity index (χ4n) is 11.4. The zero-order valence-corrected chi connectivity index (χ0v) is 31.8. The summed E-state index contributed by atoms with van der Waals surface area (Å²) in [4.78, 5) is 15.9. The third-order valence-electron chi connectivity index (χ3n) is 15.4. The largest absolute Gasteiger partial charge is 0.446 e. The lowest BCUT2D eigenvalue weighted by Crippen LogP contribution is -2.53. The third kappa shape index (κ3) is 7.86. The molecule has 6 nitrogen and oxygen atoms in total. The van der Waals surface area contributed by atoms with Gasteiger partial charge in [0.2, 0.25) is 0 Å². The number of hydrogen-bond acceptors (Lipinski definition) is 5. The molecule has 0 aliphatic heterocycles. The highest BCUT2D eigenvalue weighted by atomic mass is 16.6. The van der Waals surface area contributed by atoms with E-state index in [0.29, 0.717) is 23.3 Å². The molecule has 8 atom stereocenters. The van der Waals surface area contributed by atoms with Gasteiger partial charge in [-0.2, -0.15) is 0 Å². The molecule has 5 saturated carbocycles. The topological polar surface area (TPSA) is 93.6 Å². The maximum atomic E-state index is 13.9. The number of nitrogens with zero attached hydrogens (tertiary/aromatic N) is 1. The van der Waals surface area contributed by atoms with Crippen LogP contribution in [0.3, 0.4) is 0 Å². The van der Waals surface area contributed by atoms with Crippen LogP contribution in [0.5, 0.6) is 0 Å². The standard InChI is InChI=1S/C42H74N4O2/c1-30(2)10-8-11-31(3)34-25-32-24-33(13-17-40(32,5)36-14-16-39(4)15-9-12-35(39)37(34)36)48-38(47)46(29-42(27-44)20-21-42)23-7-6-22-45-28-41(26-43)18-19-41/h25,30-31,33-37,45H,6-24,26-29,43-44H2,1-5H3/t31-,33?,34?,35?,36?,37?,39?,40?/m1/s1. The minimum Gasteiger partial charge on any atom is -0.446 e. The summed E-state index contributed by atoms with van der Waals surface area (Å²) >= 11 is 0. The fraction of sp³-hybridized carbons (Fsp3) is 0.929. The average Bonchev–Trinajstić information content (AvgIpc) is 3.98. The first-order chi connectivity index (χ1) is 23.0. The molecule has 6 heteroatoms. The number of unbranched alkanes of at least 4 members (excludes halogenated alkanes) is 1. The maximum absolute atomic E-state index is 13.9. The van der Waals surface area contributed by atoms with Crippen LogP contribution in [0.25, 0.3) is 0 Å². The summed E-state index contributed by atoms with van der Waals surface area (Å²) in [6, 6.07) is 0. The van der Waals surface area contributed by atoms with Gasteiger partial charge in [-0.15, -0.1) is 0 Å². The highest BCUT2D eigenvalue weighted by Crippen LogP contribution is 2.67. The summed E-state index contributed by atoms with van der Waals surface area (Å²) in [5, 5.41) is 3.63. The van der Waals surface area contributed by atoms with Gasteiger partial charge in [-0.1, -0.05) is 72.0 Å². The van der Waals surface area contributed by atoms with Gasteiger partial charge in [0.25, 0.3) is 0 Å². The predicted molar refractivity (Wildman–Crippen MR) is 198 cm³/mol. The number of carbonyl (C=O) groups is 1. The molecule has 6 rings (SSSR count). The van der Waals surface area contributed by atoms with Crippen molar-refractivity contribution < 1.29 is 9.53 Å². The zero-order valence-electron chi connectivity index (χ0n) is 31.8. The number of hydrogen-bond donors (Lipinski definition) is 3. The van der Waals surface area contributed by atoms with E-state index in [1.165, 1.54) is 70.6 Å². The van der Waals surface area contributed by atoms with E-state index in [9.17, 15) is 4.79 Å². The van der Waals surface area contributed by atoms with Crippen molar-refractivity contribution >= 4 is 6.09 Å². The quantitative estimate of drug-likeness (QED) is 0.107. The van der Waals surface area contributed by atoms with E-state index in [0.717, 1.165) is 101 Å². The van der Waals surface area contributed by atoms with Crippen molar-refractivity contribution in [1.82, 2.24) is 10.2 Å². The Morgan fingerprint density at radius 1 is 0.917 bits per heavy atom. The SMILES string of the molecule is CC(C)CCC[C@@H](C)C1C=C2CC(OC(=O)N(CCCCNCC3(CN)CC3)CC3(CN)CC3)CCC2(C)C2CCC3(C)CCCC3C12. The number of carbonyl (C=O) groups excluding carboxylic acids is 1. The zero-order chi connectivity index (χ0) is 34.2. The van der Waals surface area contributed by atoms with Gasteiger partial charge in [0.15, 0.2) is 0 Å². The van der Waals surface area contributed by atoms with Crippen molar-refractivity contribution in [2.24, 2.45) is 68.6 Å². The Morgan fingerprint density at radius 3 is 2.35 bits per heavy atom. The molecule has 1 amide bonds. The first-order valence-electron chi connectivity index (χ1n) is 20.7. The second-order valence-corrected chi connectivity index (χ2v) is 19.3. The van der Waals surface area contributed by atoms with Crippen molar-refractivity contribution in [3.8, 4) is 0 Å². The van der Waals surface area contributed by atoms with E-state index < -0.39 is 0 Å². The number of nitrogens with one attached hydrogen (secondary N) is 1. The van der Waals surface area contributed by atoms with Crippen LogP contribution in [0.1, 0.15) is 144 Å². The van der Waals surface area contributed by atoms with Crippen LogP contribution < -0.4 is 16.8 Å². The van der Waals surface area contributed by atoms with E-state index in [-0.39, 0.29) is 23.0 Å². The van der Waals surface area contributed by atoms with Crippen LogP contribution in [-0.4, -0.2) is 56.4 Å². The minimum atomic E-state index is -0.0939. The highest BCUT2D eigenvalue weighted by molar-refractivity contribution is 5.68. The molecule has 274 valence electrons. The lowest BCUT2D eigenvalue weighted by molar-refractivity contribution is -0.0692. The van der Waals surface area contributed by atoms with Gasteiger partial charge in [-0.3, -0.25) is 0 Å². The fourth-order valence-corrected chi connectivity index (χ4v) is 11.4. The third-order valence-corrected chi connectivity index (χ3v) is 15.4. The lowest BCUT2D eigenvalue weighted by atomic mass is 9.45. The molecule has 6 aliphatic carbocycles. The molecule has 0 bridgehead atoms. The number of allylic oxidation sites excluding steroid dienone is 1. The van der Waals surface area contributed by atoms with Crippen LogP contribution >= 0.6 is 0 Å². The Morgan fingerprint density at radius 2 is 1.67 bits per heavy atom. The van der Waals surface area contributed by atoms with Crippen molar-refractivity contribution in [1.29, 1.82) is 0 Å². The van der Waals surface area contributed by atoms with E-state index in [1.54, 1.807) is 5.57 Å². The average molecular weight is 667 g/mol. The van der Waals surface area contributed by atoms with E-state index in [1.807, 2.05) is 4.90 Å². The van der Waals surface area contributed by atoms with E-state index in [2.05, 4.69) is 46.0 Å². The van der Waals surface area contributed by atoms with Crippen molar-refractivity contribution in [2.75, 3.05) is 39.3 Å². The lowest BCUT2D eigenvalue weighted by Gasteiger charge is -2.60. The van der Waals surface area contributed by atoms with Gasteiger partial charge in [-0.05, 0) is 148 Å². The Bertz CT molecular complexity index is 1130. The van der Waals surface area contributed by atoms with E-state index >= 15 is 0 Å². The number of ether oxygens (including phenoxy) is 1. The van der Waals surface area contributed by atoms with Crippen molar-refractivity contribution in [3.63, 3.8) is 0 Å². The number of nitrogens with two attached hydrogens (primary N) is 2. The van der Waals surface area contributed by atoms with Crippen molar-refractivity contribution in [2.45, 2.75) is 150 Å². The second-order valence-electron chi connectivity index (χ2n) is 19.3. The monoisotopic (exact) mass is 667 g/mol. The molecule has 6 aliphatic rings. The smallest absolute Gasteiger partial charge is 0.410 e. The summed E-state index contributed by atoms with van der Waals surface area (Å²) in [7, 11) is 0. The van der Waals surface area contributed by atoms with Gasteiger partial charge in [0.1, 0.15) is 6.10 Å². The Hall–Kier alpha value is -1.11. The van der Waals surface area contributed by atoms with Gasteiger partial charge >= 0.3 is 6.09 Å². The Balaban J connectivity index is 1.11. The molecule has 7 unspecified atom stereocenters. The van der Waals surface area contributed by atoms with Crippen LogP contribution in [0.4, 0.5) is 4.79 Å². The normalized spacial score (nSPS) is 36.4. The summed E-state index contributed by atoms with van der Waals surface area (Å²) in [6.07, 6.45) is 23.8. The molecule has 0 aromatic carbocycles. The van der Waals surface area contributed by atoms with Crippen LogP contribution in [0.15, 0.2) is 11.6 Å². The number of amides is 1. The first-order valence-corrected chi connectivity index (χ1v) is 20.7. The van der Waals surface area contributed by atoms with E-state index in [4.69, 9.17) is 16.2 Å². The second kappa shape index (κ2) is 14.9. The van der Waals surface area contributed by atoms with Gasteiger partial charge < -0.3 is 26.4 Å². The molecule has 0 saturated heterocycles. The maximum Gasteiger partial charge on any atom is 0.410 e. The van der Waals surface area contributed by atoms with Crippen LogP contribution in [-0.2, 0) is 4.74 Å². The van der Waals surface area contributed by atoms with Gasteiger partial charge in [-0.25, -0.2) is 4.79 Å². The predicted octanol–water partition coefficient (Wildman–Crippen LogP) is 8.68. The van der Waals surface area contributed by atoms with Crippen LogP contribution in [0, 0.1) is 57.2 Å². The molecular weight excluding hydrogens is 592 g/mol. The molecule has 0 heterocycles. The summed E-state index contributed by atoms with van der Waals surface area (Å²) < 4.78 is 6.50. The first kappa shape index (κ1) is 36.7. The van der Waals surface area contributed by atoms with Crippen molar-refractivity contribution in [3.05, 3.63) is 11.6 Å². The Labute approximate surface area is 294 Å². The summed E-state index contributed by atoms with van der Waals surface area (Å²) in [5.41, 5.74) is 15.1. The Kier molecular flexibility index (Phi) is 11.4. The molecular formula is C42H74N4O2. The highest BCUT2D eigenvalue weighted by Gasteiger charge is 2.59. The number of rotatable bonds is 17. The molecule has 0 aromatic heterocycles. The minimum absolute atomic E-state index is 0.00574. The summed E-state index contributed by atoms with van der Waals surface area (Å²) in [5.74, 6) is 4.68. The molecule has 0 radical (unpaired) electrons. The molecule has 5 N–H and O–H groups in total. The van der Waals surface area contributed by atoms with Gasteiger partial charge in [0, 0.05) is 31.5 Å². The molecule has 5 fully saturated rings. The molecule has 0 spiro atoms.